The van der Waals surface area contributed by atoms with Gasteiger partial charge in [-0.05, 0) is 32.0 Å². The molecule has 0 aromatic carbocycles. The molecule has 1 saturated heterocycles. The van der Waals surface area contributed by atoms with Gasteiger partial charge in [-0.1, -0.05) is 5.16 Å². The Bertz CT molecular complexity index is 444. The number of rotatable bonds is 2. The predicted octanol–water partition coefficient (Wildman–Crippen LogP) is 1.80. The van der Waals surface area contributed by atoms with Gasteiger partial charge < -0.3 is 14.3 Å². The van der Waals surface area contributed by atoms with Crippen LogP contribution in [0, 0.1) is 0 Å². The summed E-state index contributed by atoms with van der Waals surface area (Å²) in [6.07, 6.45) is 5.36. The lowest BCUT2D eigenvalue weighted by Gasteiger charge is -2.18. The Labute approximate surface area is 92.8 Å². The van der Waals surface area contributed by atoms with Crippen molar-refractivity contribution in [3.05, 3.63) is 24.4 Å². The SMILES string of the molecule is c1cc(-c2nc(C3CCNCC3)no2)co1. The second kappa shape index (κ2) is 4.09. The highest BCUT2D eigenvalue weighted by Crippen LogP contribution is 2.25. The lowest BCUT2D eigenvalue weighted by Crippen LogP contribution is -2.27. The Hall–Kier alpha value is -1.62. The standard InChI is InChI=1S/C11H13N3O2/c1-4-12-5-2-8(1)10-13-11(16-14-10)9-3-6-15-7-9/h3,6-8,12H,1-2,4-5H2. The lowest BCUT2D eigenvalue weighted by atomic mass is 9.98. The maximum Gasteiger partial charge on any atom is 0.261 e. The molecule has 0 spiro atoms. The smallest absolute Gasteiger partial charge is 0.261 e. The van der Waals surface area contributed by atoms with E-state index in [-0.39, 0.29) is 0 Å². The molecule has 0 aliphatic carbocycles. The topological polar surface area (TPSA) is 64.1 Å². The molecule has 84 valence electrons. The van der Waals surface area contributed by atoms with Crippen LogP contribution in [0.3, 0.4) is 0 Å². The van der Waals surface area contributed by atoms with Crippen molar-refractivity contribution in [2.45, 2.75) is 18.8 Å². The van der Waals surface area contributed by atoms with Crippen molar-refractivity contribution in [1.82, 2.24) is 15.5 Å². The van der Waals surface area contributed by atoms with Gasteiger partial charge in [-0.3, -0.25) is 0 Å². The summed E-state index contributed by atoms with van der Waals surface area (Å²) in [5.74, 6) is 1.78. The zero-order chi connectivity index (χ0) is 10.8. The van der Waals surface area contributed by atoms with Crippen molar-refractivity contribution in [1.29, 1.82) is 0 Å². The molecule has 5 nitrogen and oxygen atoms in total. The van der Waals surface area contributed by atoms with Crippen LogP contribution >= 0.6 is 0 Å². The van der Waals surface area contributed by atoms with Crippen LogP contribution in [0.1, 0.15) is 24.6 Å². The van der Waals surface area contributed by atoms with Crippen LogP contribution in [-0.4, -0.2) is 23.2 Å². The zero-order valence-corrected chi connectivity index (χ0v) is 8.85. The molecule has 2 aromatic heterocycles. The molecule has 1 fully saturated rings. The van der Waals surface area contributed by atoms with Crippen LogP contribution in [0.4, 0.5) is 0 Å². The molecule has 0 saturated carbocycles. The van der Waals surface area contributed by atoms with Gasteiger partial charge in [0.15, 0.2) is 5.82 Å². The number of furan rings is 1. The average Bonchev–Trinajstić information content (AvgIpc) is 3.01. The van der Waals surface area contributed by atoms with Gasteiger partial charge in [0, 0.05) is 5.92 Å². The van der Waals surface area contributed by atoms with Gasteiger partial charge >= 0.3 is 0 Å². The molecule has 0 radical (unpaired) electrons. The summed E-state index contributed by atoms with van der Waals surface area (Å²) in [7, 11) is 0. The van der Waals surface area contributed by atoms with Crippen molar-refractivity contribution in [2.75, 3.05) is 13.1 Å². The Kier molecular flexibility index (Phi) is 2.46. The van der Waals surface area contributed by atoms with E-state index in [0.29, 0.717) is 11.8 Å². The molecule has 0 atom stereocenters. The fourth-order valence-electron chi connectivity index (χ4n) is 1.98. The Morgan fingerprint density at radius 3 is 2.94 bits per heavy atom. The molecule has 16 heavy (non-hydrogen) atoms. The first kappa shape index (κ1) is 9.59. The third-order valence-electron chi connectivity index (χ3n) is 2.91. The maximum atomic E-state index is 5.22. The zero-order valence-electron chi connectivity index (χ0n) is 8.85. The largest absolute Gasteiger partial charge is 0.472 e. The van der Waals surface area contributed by atoms with Crippen LogP contribution in [0.15, 0.2) is 27.5 Å². The fourth-order valence-corrected chi connectivity index (χ4v) is 1.98. The molecule has 2 aromatic rings. The average molecular weight is 219 g/mol. The van der Waals surface area contributed by atoms with Gasteiger partial charge in [0.25, 0.3) is 5.89 Å². The molecule has 0 unspecified atom stereocenters. The fraction of sp³-hybridized carbons (Fsp3) is 0.455. The van der Waals surface area contributed by atoms with Crippen LogP contribution in [-0.2, 0) is 0 Å². The lowest BCUT2D eigenvalue weighted by molar-refractivity contribution is 0.392. The molecule has 0 bridgehead atoms. The third kappa shape index (κ3) is 1.74. The van der Waals surface area contributed by atoms with Crippen molar-refractivity contribution >= 4 is 0 Å². The third-order valence-corrected chi connectivity index (χ3v) is 2.91. The molecular weight excluding hydrogens is 206 g/mol. The van der Waals surface area contributed by atoms with Crippen LogP contribution in [0.25, 0.3) is 11.5 Å². The first-order valence-corrected chi connectivity index (χ1v) is 5.50. The number of nitrogens with one attached hydrogen (secondary N) is 1. The van der Waals surface area contributed by atoms with Gasteiger partial charge in [0.2, 0.25) is 0 Å². The van der Waals surface area contributed by atoms with E-state index in [0.717, 1.165) is 37.3 Å². The molecule has 3 heterocycles. The second-order valence-electron chi connectivity index (χ2n) is 3.99. The molecule has 5 heteroatoms. The minimum atomic E-state index is 0.422. The number of hydrogen-bond donors (Lipinski definition) is 1. The Morgan fingerprint density at radius 2 is 2.19 bits per heavy atom. The van der Waals surface area contributed by atoms with Gasteiger partial charge in [0.05, 0.1) is 11.8 Å². The summed E-state index contributed by atoms with van der Waals surface area (Å²) in [5, 5.41) is 7.36. The number of aromatic nitrogens is 2. The summed E-state index contributed by atoms with van der Waals surface area (Å²) < 4.78 is 10.2. The van der Waals surface area contributed by atoms with E-state index in [9.17, 15) is 0 Å². The first-order chi connectivity index (χ1) is 7.93. The molecule has 0 amide bonds. The Morgan fingerprint density at radius 1 is 1.31 bits per heavy atom. The van der Waals surface area contributed by atoms with E-state index >= 15 is 0 Å². The summed E-state index contributed by atoms with van der Waals surface area (Å²) in [6, 6.07) is 1.82. The number of nitrogens with zero attached hydrogens (tertiary/aromatic N) is 2. The van der Waals surface area contributed by atoms with Gasteiger partial charge in [-0.15, -0.1) is 0 Å². The minimum absolute atomic E-state index is 0.422. The highest BCUT2D eigenvalue weighted by Gasteiger charge is 2.21. The van der Waals surface area contributed by atoms with Crippen LogP contribution in [0.2, 0.25) is 0 Å². The number of hydrogen-bond acceptors (Lipinski definition) is 5. The molecule has 1 aliphatic heterocycles. The normalized spacial score (nSPS) is 17.8. The number of piperidine rings is 1. The van der Waals surface area contributed by atoms with E-state index in [1.165, 1.54) is 0 Å². The first-order valence-electron chi connectivity index (χ1n) is 5.50. The highest BCUT2D eigenvalue weighted by atomic mass is 16.5. The van der Waals surface area contributed by atoms with Crippen molar-refractivity contribution in [2.24, 2.45) is 0 Å². The predicted molar refractivity (Wildman–Crippen MR) is 56.8 cm³/mol. The van der Waals surface area contributed by atoms with E-state index < -0.39 is 0 Å². The van der Waals surface area contributed by atoms with Crippen LogP contribution < -0.4 is 5.32 Å². The van der Waals surface area contributed by atoms with E-state index in [1.807, 2.05) is 6.07 Å². The van der Waals surface area contributed by atoms with Crippen LogP contribution in [0.5, 0.6) is 0 Å². The van der Waals surface area contributed by atoms with E-state index in [2.05, 4.69) is 15.5 Å². The molecule has 1 N–H and O–H groups in total. The second-order valence-corrected chi connectivity index (χ2v) is 3.99. The van der Waals surface area contributed by atoms with Crippen molar-refractivity contribution in [3.63, 3.8) is 0 Å². The quantitative estimate of drug-likeness (QED) is 0.834. The van der Waals surface area contributed by atoms with Crippen molar-refractivity contribution in [3.8, 4) is 11.5 Å². The summed E-state index contributed by atoms with van der Waals surface area (Å²) >= 11 is 0. The van der Waals surface area contributed by atoms with Gasteiger partial charge in [0.1, 0.15) is 6.26 Å². The van der Waals surface area contributed by atoms with Crippen molar-refractivity contribution < 1.29 is 8.94 Å². The van der Waals surface area contributed by atoms with E-state index in [4.69, 9.17) is 8.94 Å². The molecular formula is C11H13N3O2. The Balaban J connectivity index is 1.82. The van der Waals surface area contributed by atoms with Gasteiger partial charge in [-0.2, -0.15) is 4.98 Å². The summed E-state index contributed by atoms with van der Waals surface area (Å²) in [6.45, 7) is 2.06. The molecule has 3 rings (SSSR count). The summed E-state index contributed by atoms with van der Waals surface area (Å²) in [5.41, 5.74) is 0.840. The minimum Gasteiger partial charge on any atom is -0.472 e. The maximum absolute atomic E-state index is 5.22. The molecule has 1 aliphatic rings. The van der Waals surface area contributed by atoms with Gasteiger partial charge in [-0.25, -0.2) is 0 Å². The summed E-state index contributed by atoms with van der Waals surface area (Å²) in [4.78, 5) is 4.41. The monoisotopic (exact) mass is 219 g/mol. The highest BCUT2D eigenvalue weighted by molar-refractivity contribution is 5.49. The van der Waals surface area contributed by atoms with E-state index in [1.54, 1.807) is 12.5 Å².